The van der Waals surface area contributed by atoms with Crippen molar-refractivity contribution in [3.8, 4) is 0 Å². The molecule has 0 aromatic rings. The van der Waals surface area contributed by atoms with Crippen LogP contribution in [0.1, 0.15) is 47.0 Å². The Morgan fingerprint density at radius 2 is 2.00 bits per heavy atom. The number of ketones is 1. The SMILES string of the molecule is CC(C)(C)OC(=O)N1[C@H]2CC[C@]1(C)C(C(=O)O)C(=O)C2. The van der Waals surface area contributed by atoms with E-state index in [1.165, 1.54) is 4.90 Å². The number of hydrogen-bond donors (Lipinski definition) is 1. The van der Waals surface area contributed by atoms with Crippen LogP contribution in [0.2, 0.25) is 0 Å². The van der Waals surface area contributed by atoms with Gasteiger partial charge in [0.25, 0.3) is 0 Å². The van der Waals surface area contributed by atoms with Crippen molar-refractivity contribution >= 4 is 17.8 Å². The summed E-state index contributed by atoms with van der Waals surface area (Å²) in [5, 5.41) is 9.33. The van der Waals surface area contributed by atoms with Gasteiger partial charge < -0.3 is 9.84 Å². The van der Waals surface area contributed by atoms with E-state index in [4.69, 9.17) is 4.74 Å². The molecule has 1 N–H and O–H groups in total. The number of nitrogens with zero attached hydrogens (tertiary/aromatic N) is 1. The molecule has 0 saturated carbocycles. The van der Waals surface area contributed by atoms with Crippen LogP contribution in [0.15, 0.2) is 0 Å². The fourth-order valence-electron chi connectivity index (χ4n) is 3.37. The summed E-state index contributed by atoms with van der Waals surface area (Å²) in [6.07, 6.45) is 0.734. The van der Waals surface area contributed by atoms with Gasteiger partial charge in [-0.25, -0.2) is 4.79 Å². The molecule has 3 atom stereocenters. The molecule has 2 aliphatic heterocycles. The van der Waals surface area contributed by atoms with E-state index in [1.54, 1.807) is 27.7 Å². The number of carboxylic acid groups (broad SMARTS) is 1. The molecular formula is C14H21NO5. The van der Waals surface area contributed by atoms with Gasteiger partial charge in [0.15, 0.2) is 5.78 Å². The highest BCUT2D eigenvalue weighted by Crippen LogP contribution is 2.46. The van der Waals surface area contributed by atoms with E-state index in [0.29, 0.717) is 12.8 Å². The molecule has 2 saturated heterocycles. The Morgan fingerprint density at radius 1 is 1.40 bits per heavy atom. The molecule has 2 bridgehead atoms. The summed E-state index contributed by atoms with van der Waals surface area (Å²) in [6.45, 7) is 6.96. The minimum atomic E-state index is -1.16. The molecule has 6 nitrogen and oxygen atoms in total. The number of fused-ring (bicyclic) bond motifs is 2. The number of rotatable bonds is 1. The second-order valence-corrected chi connectivity index (χ2v) is 6.84. The van der Waals surface area contributed by atoms with Gasteiger partial charge in [-0.15, -0.1) is 0 Å². The summed E-state index contributed by atoms with van der Waals surface area (Å²) >= 11 is 0. The van der Waals surface area contributed by atoms with E-state index in [1.807, 2.05) is 0 Å². The van der Waals surface area contributed by atoms with Gasteiger partial charge in [-0.05, 0) is 40.5 Å². The average Bonchev–Trinajstić information content (AvgIpc) is 2.45. The fraction of sp³-hybridized carbons (Fsp3) is 0.786. The number of piperidine rings is 1. The predicted molar refractivity (Wildman–Crippen MR) is 70.2 cm³/mol. The molecule has 6 heteroatoms. The lowest BCUT2D eigenvalue weighted by molar-refractivity contribution is -0.155. The second-order valence-electron chi connectivity index (χ2n) is 6.84. The lowest BCUT2D eigenvalue weighted by atomic mass is 9.78. The highest BCUT2D eigenvalue weighted by Gasteiger charge is 2.60. The Bertz CT molecular complexity index is 467. The van der Waals surface area contributed by atoms with Crippen LogP contribution in [0.4, 0.5) is 4.79 Å². The number of amides is 1. The average molecular weight is 283 g/mol. The standard InChI is InChI=1S/C14H21NO5/c1-13(2,3)20-12(19)15-8-5-6-14(15,4)10(11(17)18)9(16)7-8/h8,10H,5-7H2,1-4H3,(H,17,18)/t8-,10?,14+/m0/s1. The molecule has 2 heterocycles. The first-order valence-electron chi connectivity index (χ1n) is 6.84. The minimum absolute atomic E-state index is 0.103. The van der Waals surface area contributed by atoms with Crippen LogP contribution >= 0.6 is 0 Å². The summed E-state index contributed by atoms with van der Waals surface area (Å²) in [5.41, 5.74) is -1.62. The molecule has 112 valence electrons. The molecule has 2 aliphatic rings. The molecule has 0 aliphatic carbocycles. The fourth-order valence-corrected chi connectivity index (χ4v) is 3.37. The second kappa shape index (κ2) is 4.46. The molecule has 20 heavy (non-hydrogen) atoms. The zero-order valence-corrected chi connectivity index (χ0v) is 12.3. The summed E-state index contributed by atoms with van der Waals surface area (Å²) in [6, 6.07) is -0.238. The monoisotopic (exact) mass is 283 g/mol. The van der Waals surface area contributed by atoms with Crippen LogP contribution in [0.25, 0.3) is 0 Å². The third-order valence-electron chi connectivity index (χ3n) is 4.12. The van der Waals surface area contributed by atoms with Crippen molar-refractivity contribution < 1.29 is 24.2 Å². The number of carbonyl (C=O) groups excluding carboxylic acids is 2. The van der Waals surface area contributed by atoms with Crippen LogP contribution in [-0.2, 0) is 14.3 Å². The van der Waals surface area contributed by atoms with Crippen molar-refractivity contribution in [3.63, 3.8) is 0 Å². The summed E-state index contributed by atoms with van der Waals surface area (Å²) in [4.78, 5) is 37.2. The number of aliphatic carboxylic acids is 1. The van der Waals surface area contributed by atoms with Gasteiger partial charge in [-0.2, -0.15) is 0 Å². The predicted octanol–water partition coefficient (Wildman–Crippen LogP) is 1.82. The maximum Gasteiger partial charge on any atom is 0.411 e. The zero-order valence-electron chi connectivity index (χ0n) is 12.3. The topological polar surface area (TPSA) is 83.9 Å². The van der Waals surface area contributed by atoms with E-state index in [0.717, 1.165) is 0 Å². The Hall–Kier alpha value is -1.59. The number of carbonyl (C=O) groups is 3. The number of Topliss-reactive ketones (excluding diaryl/α,β-unsaturated/α-hetero) is 1. The number of hydrogen-bond acceptors (Lipinski definition) is 4. The minimum Gasteiger partial charge on any atom is -0.481 e. The maximum atomic E-state index is 12.4. The van der Waals surface area contributed by atoms with Gasteiger partial charge in [-0.3, -0.25) is 14.5 Å². The Balaban J connectivity index is 2.33. The summed E-state index contributed by atoms with van der Waals surface area (Å²) < 4.78 is 5.37. The van der Waals surface area contributed by atoms with E-state index < -0.39 is 29.1 Å². The van der Waals surface area contributed by atoms with Crippen molar-refractivity contribution in [1.29, 1.82) is 0 Å². The largest absolute Gasteiger partial charge is 0.481 e. The smallest absolute Gasteiger partial charge is 0.411 e. The Morgan fingerprint density at radius 3 is 2.50 bits per heavy atom. The van der Waals surface area contributed by atoms with Gasteiger partial charge in [-0.1, -0.05) is 0 Å². The summed E-state index contributed by atoms with van der Waals surface area (Å²) in [7, 11) is 0. The number of carboxylic acids is 1. The van der Waals surface area contributed by atoms with Crippen molar-refractivity contribution in [3.05, 3.63) is 0 Å². The van der Waals surface area contributed by atoms with E-state index in [-0.39, 0.29) is 18.2 Å². The van der Waals surface area contributed by atoms with Gasteiger partial charge in [0.05, 0.1) is 5.54 Å². The molecule has 1 unspecified atom stereocenters. The van der Waals surface area contributed by atoms with Gasteiger partial charge in [0.2, 0.25) is 0 Å². The first-order valence-corrected chi connectivity index (χ1v) is 6.84. The van der Waals surface area contributed by atoms with Crippen LogP contribution < -0.4 is 0 Å². The van der Waals surface area contributed by atoms with Gasteiger partial charge >= 0.3 is 12.1 Å². The number of ether oxygens (including phenoxy) is 1. The molecular weight excluding hydrogens is 262 g/mol. The quantitative estimate of drug-likeness (QED) is 0.742. The molecule has 0 aromatic carbocycles. The van der Waals surface area contributed by atoms with Gasteiger partial charge in [0.1, 0.15) is 11.5 Å². The molecule has 2 rings (SSSR count). The van der Waals surface area contributed by atoms with E-state index in [9.17, 15) is 19.5 Å². The Labute approximate surface area is 118 Å². The highest BCUT2D eigenvalue weighted by molar-refractivity contribution is 6.02. The lowest BCUT2D eigenvalue weighted by Gasteiger charge is -2.45. The van der Waals surface area contributed by atoms with Crippen molar-refractivity contribution in [2.45, 2.75) is 64.1 Å². The molecule has 2 fully saturated rings. The molecule has 0 radical (unpaired) electrons. The van der Waals surface area contributed by atoms with E-state index in [2.05, 4.69) is 0 Å². The van der Waals surface area contributed by atoms with Crippen molar-refractivity contribution in [2.75, 3.05) is 0 Å². The first kappa shape index (κ1) is 14.8. The first-order chi connectivity index (χ1) is 9.06. The van der Waals surface area contributed by atoms with Crippen LogP contribution in [0.5, 0.6) is 0 Å². The molecule has 0 aromatic heterocycles. The normalized spacial score (nSPS) is 33.2. The zero-order chi connectivity index (χ0) is 15.3. The molecule has 1 amide bonds. The Kier molecular flexibility index (Phi) is 3.31. The van der Waals surface area contributed by atoms with E-state index >= 15 is 0 Å². The van der Waals surface area contributed by atoms with Crippen molar-refractivity contribution in [2.24, 2.45) is 5.92 Å². The maximum absolute atomic E-state index is 12.4. The lowest BCUT2D eigenvalue weighted by Crippen LogP contribution is -2.62. The molecule has 0 spiro atoms. The van der Waals surface area contributed by atoms with Crippen LogP contribution in [0, 0.1) is 5.92 Å². The third-order valence-corrected chi connectivity index (χ3v) is 4.12. The van der Waals surface area contributed by atoms with Crippen LogP contribution in [-0.4, -0.2) is 45.0 Å². The van der Waals surface area contributed by atoms with Gasteiger partial charge in [0, 0.05) is 12.5 Å². The van der Waals surface area contributed by atoms with Crippen molar-refractivity contribution in [1.82, 2.24) is 4.90 Å². The van der Waals surface area contributed by atoms with Crippen LogP contribution in [0.3, 0.4) is 0 Å². The highest BCUT2D eigenvalue weighted by atomic mass is 16.6. The summed E-state index contributed by atoms with van der Waals surface area (Å²) in [5.74, 6) is -2.61. The third kappa shape index (κ3) is 2.27.